The number of carbonyl (C=O) groups excluding carboxylic acids is 2. The zero-order chi connectivity index (χ0) is 109. The Labute approximate surface area is 792 Å². The highest BCUT2D eigenvalue weighted by atomic mass is 32.2. The molecule has 0 radical (unpaired) electrons. The molecule has 790 valence electrons. The number of aliphatic imine (C=N–C) groups is 1. The minimum absolute atomic E-state index is 0.0129. The van der Waals surface area contributed by atoms with Gasteiger partial charge in [-0.25, -0.2) is 4.98 Å². The second-order valence-electron chi connectivity index (χ2n) is 27.9. The first-order valence-corrected chi connectivity index (χ1v) is 42.0. The zero-order valence-corrected chi connectivity index (χ0v) is 78.0. The number of aromatic amines is 1. The first-order valence-electron chi connectivity index (χ1n) is 40.0. The van der Waals surface area contributed by atoms with Gasteiger partial charge in [0.25, 0.3) is 0 Å². The summed E-state index contributed by atoms with van der Waals surface area (Å²) in [6.45, 7) is 10.7. The summed E-state index contributed by atoms with van der Waals surface area (Å²) >= 11 is 5.25. The number of amides is 2. The van der Waals surface area contributed by atoms with Gasteiger partial charge in [0.15, 0.2) is 5.96 Å². The third-order valence-corrected chi connectivity index (χ3v) is 16.0. The van der Waals surface area contributed by atoms with Gasteiger partial charge in [0.1, 0.15) is 84.6 Å². The van der Waals surface area contributed by atoms with Gasteiger partial charge in [-0.15, -0.1) is 0 Å². The van der Waals surface area contributed by atoms with Crippen LogP contribution in [0.1, 0.15) is 149 Å². The van der Waals surface area contributed by atoms with E-state index in [1.165, 1.54) is 13.3 Å². The predicted molar refractivity (Wildman–Crippen MR) is 496 cm³/mol. The Hall–Kier alpha value is -12.3. The van der Waals surface area contributed by atoms with E-state index in [1.54, 1.807) is 18.0 Å². The Bertz CT molecular complexity index is 3610. The molecular formula is C75H147N23O36S2. The monoisotopic (exact) mass is 2010 g/mol. The van der Waals surface area contributed by atoms with Crippen molar-refractivity contribution in [2.45, 2.75) is 235 Å². The SMILES string of the molecule is CC(C)CC(N)C(=O)O.CC[C@H](C)[C@H](N)C(=O)O.CSCCC(N)C(=O)O.C[C@H](N)C(=O)O.NC(=O)CC(N)C(=O)O.NC(=O)CCC(N)C(=O)O.NC(CC(=O)O)C(=O)O.NC(CCC(=O)O)C(=O)O.NC(Cc1ccccc1)C(=O)O.NC(Cc1cnc[nH]1)C(=O)O.NC(N)=NCCCC(N)C(=O)O.NCC(=O)O.NCCCCC(N)C(=O)O.N[C@@H](CS)C(=O)O.O=C(O)C1CCCN1. The van der Waals surface area contributed by atoms with Gasteiger partial charge < -0.3 is 206 Å². The minimum atomic E-state index is -1.29. The van der Waals surface area contributed by atoms with Crippen LogP contribution in [0.15, 0.2) is 47.8 Å². The maximum absolute atomic E-state index is 10.4. The number of unbranched alkanes of at least 4 members (excludes halogenated alkanes) is 1. The van der Waals surface area contributed by atoms with E-state index in [4.69, 9.17) is 184 Å². The molecule has 1 aliphatic rings. The molecule has 61 heteroatoms. The Morgan fingerprint density at radius 1 is 0.456 bits per heavy atom. The molecule has 2 heterocycles. The Balaban J connectivity index is -0.000000122. The number of guanidine groups is 1. The van der Waals surface area contributed by atoms with Gasteiger partial charge in [0, 0.05) is 43.5 Å². The fourth-order valence-corrected chi connectivity index (χ4v) is 7.45. The van der Waals surface area contributed by atoms with Crippen LogP contribution in [0.4, 0.5) is 0 Å². The van der Waals surface area contributed by atoms with Gasteiger partial charge in [-0.1, -0.05) is 70.9 Å². The van der Waals surface area contributed by atoms with Gasteiger partial charge in [-0.05, 0) is 120 Å². The van der Waals surface area contributed by atoms with Crippen molar-refractivity contribution in [1.82, 2.24) is 15.3 Å². The van der Waals surface area contributed by atoms with Crippen molar-refractivity contribution in [3.8, 4) is 0 Å². The van der Waals surface area contributed by atoms with E-state index in [0.29, 0.717) is 57.5 Å². The van der Waals surface area contributed by atoms with E-state index in [1.807, 2.05) is 64.3 Å². The van der Waals surface area contributed by atoms with E-state index in [-0.39, 0.29) is 68.7 Å². The molecule has 3 rings (SSSR count). The molecule has 59 nitrogen and oxygen atoms in total. The van der Waals surface area contributed by atoms with E-state index in [0.717, 1.165) is 55.7 Å². The molecule has 0 saturated carbocycles. The molecule has 2 amide bonds. The molecule has 1 fully saturated rings. The highest BCUT2D eigenvalue weighted by molar-refractivity contribution is 7.98. The van der Waals surface area contributed by atoms with Gasteiger partial charge in [0.05, 0.1) is 25.7 Å². The number of aromatic nitrogens is 2. The molecule has 15 atom stereocenters. The topological polar surface area (TPSA) is 1220 Å². The lowest BCUT2D eigenvalue weighted by molar-refractivity contribution is -0.144. The number of nitrogens with zero attached hydrogens (tertiary/aromatic N) is 2. The number of carboxylic acids is 17. The van der Waals surface area contributed by atoms with Crippen LogP contribution in [0.2, 0.25) is 0 Å². The number of hydrogen-bond donors (Lipinski definition) is 39. The molecule has 136 heavy (non-hydrogen) atoms. The number of nitrogens with one attached hydrogen (secondary N) is 2. The normalized spacial score (nSPS) is 13.8. The van der Waals surface area contributed by atoms with Crippen molar-refractivity contribution in [2.24, 2.45) is 126 Å². The lowest BCUT2D eigenvalue weighted by Crippen LogP contribution is -2.36. The maximum atomic E-state index is 10.4. The van der Waals surface area contributed by atoms with Crippen LogP contribution in [-0.4, -0.2) is 345 Å². The first kappa shape index (κ1) is 149. The number of H-pyrrole nitrogens is 1. The summed E-state index contributed by atoms with van der Waals surface area (Å²) in [4.78, 5) is 200. The van der Waals surface area contributed by atoms with E-state index in [2.05, 4.69) is 44.4 Å². The number of thiol groups is 1. The number of carboxylic acid groups (broad SMARTS) is 17. The zero-order valence-electron chi connectivity index (χ0n) is 76.3. The van der Waals surface area contributed by atoms with Crippen molar-refractivity contribution in [2.75, 3.05) is 43.9 Å². The second kappa shape index (κ2) is 95.8. The number of thioether (sulfide) groups is 1. The van der Waals surface area contributed by atoms with Crippen molar-refractivity contribution in [3.05, 3.63) is 54.1 Å². The molecule has 11 unspecified atom stereocenters. The molecule has 0 spiro atoms. The standard InChI is InChI=1S/C9H11NO2.C6H14N4O2.C6H9N3O2.C6H14N2O2.2C6H13NO2.C5H10N2O3.C5H9NO4.C5H11NO2S.C5H9NO2.C4H8N2O3.C4H7NO4.C3H7NO2S.C3H7NO2.C2H5NO2/c10-8(9(11)12)6-7-4-2-1-3-5-7;7-4(5(11)12)2-1-3-10-6(8)9;7-5(6(10)11)1-4-2-8-3-9-4;7-4-2-1-3-5(8)6(9)10;1-4(2)3-5(7)6(8)9;1-3-4(2)5(7)6(8)9;2*6-3(5(9)10)1-2-4(7)8;1-9-3-2-4(6)5(7)8;7-5(8)4-2-1-3-6-4;2*5-2(4(8)9)1-3(6)7;4-2(1-7)3(5)6;1-2(4)3(5)6;3-1-2(4)5/h1-5,8H,6,10H2,(H,11,12);4H,1-3,7H2,(H,11,12)(H4,8,9,10);2-3,5H,1,7H2,(H,8,9)(H,10,11);5H,1-4,7-8H2,(H,9,10);2*4-5H,3,7H2,1-2H3,(H,8,9);3H,1-2,6H2,(H2,7,8)(H,9,10);3H,1-2,6H2,(H,7,8)(H,9,10);4H,2-3,6H2,1H3,(H,7,8);4,6H,1-3H2,(H,7,8);2H,1,5H2,(H2,6,7)(H,8,9);2H,1,5H2,(H,6,7)(H,8,9);2,7H,1,4H2,(H,5,6);2H,4H2,1H3,(H,5,6);1,3H2,(H,4,5)/t;;;;;4-,5-;;;;;;;2*2-;/m.....0......00./s1. The average molecular weight is 2010 g/mol. The van der Waals surface area contributed by atoms with Gasteiger partial charge in [0.2, 0.25) is 11.8 Å². The van der Waals surface area contributed by atoms with Gasteiger partial charge in [-0.2, -0.15) is 24.4 Å². The highest BCUT2D eigenvalue weighted by Crippen LogP contribution is 2.07. The molecule has 0 bridgehead atoms. The summed E-state index contributed by atoms with van der Waals surface area (Å²) in [5.41, 5.74) is 97.3. The van der Waals surface area contributed by atoms with Crippen LogP contribution in [0.5, 0.6) is 0 Å². The van der Waals surface area contributed by atoms with Gasteiger partial charge >= 0.3 is 101 Å². The van der Waals surface area contributed by atoms with E-state index < -0.39 is 198 Å². The quantitative estimate of drug-likeness (QED) is 0.0127. The number of primary amides is 2. The van der Waals surface area contributed by atoms with E-state index in [9.17, 15) is 91.1 Å². The fourth-order valence-electron chi connectivity index (χ4n) is 6.80. The van der Waals surface area contributed by atoms with E-state index >= 15 is 0 Å². The molecule has 1 aromatic heterocycles. The van der Waals surface area contributed by atoms with Crippen molar-refractivity contribution >= 4 is 144 Å². The Kier molecular flexibility index (Phi) is 105. The number of rotatable bonds is 45. The van der Waals surface area contributed by atoms with Gasteiger partial charge in [-0.3, -0.25) is 96.1 Å². The number of aliphatic carboxylic acids is 17. The summed E-state index contributed by atoms with van der Waals surface area (Å²) in [5.74, 6) is -17.1. The highest BCUT2D eigenvalue weighted by Gasteiger charge is 2.22. The van der Waals surface area contributed by atoms with Crippen LogP contribution >= 0.6 is 24.4 Å². The third kappa shape index (κ3) is 120. The van der Waals surface area contributed by atoms with Crippen molar-refractivity contribution < 1.29 is 178 Å². The number of hydrogen-bond acceptors (Lipinski definition) is 39. The number of carbonyl (C=O) groups is 19. The van der Waals surface area contributed by atoms with Crippen molar-refractivity contribution in [3.63, 3.8) is 0 Å². The molecular weight excluding hydrogens is 1860 g/mol. The summed E-state index contributed by atoms with van der Waals surface area (Å²) in [7, 11) is 0. The predicted octanol–water partition coefficient (Wildman–Crippen LogP) is -8.30. The number of benzene rings is 1. The summed E-state index contributed by atoms with van der Waals surface area (Å²) in [6.07, 6.45) is 11.5. The first-order chi connectivity index (χ1) is 62.5. The molecule has 0 aliphatic carbocycles. The Morgan fingerprint density at radius 3 is 1.08 bits per heavy atom. The third-order valence-electron chi connectivity index (χ3n) is 14.9. The summed E-state index contributed by atoms with van der Waals surface area (Å²) < 4.78 is 0. The largest absolute Gasteiger partial charge is 0.481 e. The van der Waals surface area contributed by atoms with Crippen LogP contribution in [-0.2, 0) is 104 Å². The summed E-state index contributed by atoms with van der Waals surface area (Å²) in [5, 5.41) is 142. The lowest BCUT2D eigenvalue weighted by atomic mass is 10.0. The smallest absolute Gasteiger partial charge is 0.321 e. The second-order valence-corrected chi connectivity index (χ2v) is 29.2. The van der Waals surface area contributed by atoms with Crippen LogP contribution in [0, 0.1) is 11.8 Å². The van der Waals surface area contributed by atoms with Crippen LogP contribution < -0.4 is 114 Å². The van der Waals surface area contributed by atoms with Crippen molar-refractivity contribution in [1.29, 1.82) is 0 Å². The molecule has 1 aromatic carbocycles. The lowest BCUT2D eigenvalue weighted by Gasteiger charge is -2.11. The van der Waals surface area contributed by atoms with Crippen LogP contribution in [0.3, 0.4) is 0 Å². The fraction of sp³-hybridized carbons (Fsp3) is 0.613. The molecule has 2 aromatic rings. The minimum Gasteiger partial charge on any atom is -0.481 e. The van der Waals surface area contributed by atoms with Crippen LogP contribution in [0.25, 0.3) is 0 Å². The maximum Gasteiger partial charge on any atom is 0.321 e. The Morgan fingerprint density at radius 2 is 0.838 bits per heavy atom. The molecule has 57 N–H and O–H groups in total. The molecule has 1 aliphatic heterocycles. The summed E-state index contributed by atoms with van der Waals surface area (Å²) in [6, 6.07) is -2.22. The number of imidazole rings is 1. The molecule has 1 saturated heterocycles. The number of nitrogens with two attached hydrogens (primary N) is 19. The average Bonchev–Trinajstić information content (AvgIpc) is 1.83.